The molecular weight excluding hydrogens is 236 g/mol. The van der Waals surface area contributed by atoms with E-state index in [9.17, 15) is 5.11 Å². The fourth-order valence-electron chi connectivity index (χ4n) is 1.97. The molecule has 0 aliphatic carbocycles. The molecule has 0 aromatic heterocycles. The standard InChI is InChI=1S/C13H18OS2/c1-9-3-4-10(2)11(7-9)13(14)12-8-15-5-6-16-12/h3-4,7,12-14H,5-6,8H2,1-2H3. The molecule has 0 amide bonds. The van der Waals surface area contributed by atoms with E-state index in [-0.39, 0.29) is 6.10 Å². The Morgan fingerprint density at radius 2 is 2.12 bits per heavy atom. The van der Waals surface area contributed by atoms with E-state index in [2.05, 4.69) is 32.0 Å². The van der Waals surface area contributed by atoms with E-state index in [1.165, 1.54) is 16.9 Å². The van der Waals surface area contributed by atoms with Gasteiger partial charge in [0.2, 0.25) is 0 Å². The lowest BCUT2D eigenvalue weighted by Gasteiger charge is -2.27. The highest BCUT2D eigenvalue weighted by Gasteiger charge is 2.25. The van der Waals surface area contributed by atoms with Crippen LogP contribution in [0.2, 0.25) is 0 Å². The zero-order valence-electron chi connectivity index (χ0n) is 9.77. The average molecular weight is 254 g/mol. The Morgan fingerprint density at radius 3 is 2.81 bits per heavy atom. The third kappa shape index (κ3) is 2.76. The molecule has 0 radical (unpaired) electrons. The van der Waals surface area contributed by atoms with Crippen molar-refractivity contribution in [3.8, 4) is 0 Å². The number of benzene rings is 1. The van der Waals surface area contributed by atoms with Crippen molar-refractivity contribution in [3.05, 3.63) is 34.9 Å². The molecule has 1 saturated heterocycles. The van der Waals surface area contributed by atoms with Crippen LogP contribution >= 0.6 is 23.5 Å². The second kappa shape index (κ2) is 5.48. The molecule has 3 heteroatoms. The molecule has 1 aliphatic rings. The summed E-state index contributed by atoms with van der Waals surface area (Å²) < 4.78 is 0. The summed E-state index contributed by atoms with van der Waals surface area (Å²) in [4.78, 5) is 0. The highest BCUT2D eigenvalue weighted by atomic mass is 32.2. The number of aliphatic hydroxyl groups is 1. The second-order valence-electron chi connectivity index (χ2n) is 4.29. The maximum absolute atomic E-state index is 10.4. The summed E-state index contributed by atoms with van der Waals surface area (Å²) in [6.45, 7) is 4.16. The third-order valence-corrected chi connectivity index (χ3v) is 5.80. The van der Waals surface area contributed by atoms with Gasteiger partial charge in [-0.1, -0.05) is 23.8 Å². The van der Waals surface area contributed by atoms with Gasteiger partial charge in [0, 0.05) is 22.5 Å². The summed E-state index contributed by atoms with van der Waals surface area (Å²) in [5.74, 6) is 3.46. The molecule has 16 heavy (non-hydrogen) atoms. The summed E-state index contributed by atoms with van der Waals surface area (Å²) >= 11 is 3.87. The van der Waals surface area contributed by atoms with Crippen molar-refractivity contribution >= 4 is 23.5 Å². The van der Waals surface area contributed by atoms with Crippen molar-refractivity contribution in [2.45, 2.75) is 25.2 Å². The topological polar surface area (TPSA) is 20.2 Å². The predicted octanol–water partition coefficient (Wildman–Crippen LogP) is 3.19. The number of hydrogen-bond donors (Lipinski definition) is 1. The van der Waals surface area contributed by atoms with Gasteiger partial charge in [0.05, 0.1) is 6.10 Å². The largest absolute Gasteiger partial charge is 0.387 e. The van der Waals surface area contributed by atoms with Gasteiger partial charge in [-0.25, -0.2) is 0 Å². The first kappa shape index (κ1) is 12.3. The number of hydrogen-bond acceptors (Lipinski definition) is 3. The van der Waals surface area contributed by atoms with E-state index < -0.39 is 0 Å². The van der Waals surface area contributed by atoms with Gasteiger partial charge in [-0.2, -0.15) is 23.5 Å². The highest BCUT2D eigenvalue weighted by molar-refractivity contribution is 8.06. The molecule has 2 rings (SSSR count). The molecule has 1 N–H and O–H groups in total. The van der Waals surface area contributed by atoms with Gasteiger partial charge in [-0.15, -0.1) is 0 Å². The summed E-state index contributed by atoms with van der Waals surface area (Å²) in [5, 5.41) is 10.8. The summed E-state index contributed by atoms with van der Waals surface area (Å²) in [7, 11) is 0. The normalized spacial score (nSPS) is 23.1. The highest BCUT2D eigenvalue weighted by Crippen LogP contribution is 2.34. The van der Waals surface area contributed by atoms with E-state index in [0.717, 1.165) is 17.1 Å². The second-order valence-corrected chi connectivity index (χ2v) is 6.79. The summed E-state index contributed by atoms with van der Waals surface area (Å²) in [5.41, 5.74) is 3.54. The van der Waals surface area contributed by atoms with Crippen molar-refractivity contribution in [1.29, 1.82) is 0 Å². The van der Waals surface area contributed by atoms with Crippen molar-refractivity contribution in [2.75, 3.05) is 17.3 Å². The van der Waals surface area contributed by atoms with Crippen LogP contribution in [0.1, 0.15) is 22.8 Å². The number of thioether (sulfide) groups is 2. The average Bonchev–Trinajstić information content (AvgIpc) is 2.32. The first-order valence-electron chi connectivity index (χ1n) is 5.63. The van der Waals surface area contributed by atoms with Crippen LogP contribution in [0.15, 0.2) is 18.2 Å². The van der Waals surface area contributed by atoms with Crippen LogP contribution in [0.4, 0.5) is 0 Å². The Bertz CT molecular complexity index is 359. The molecule has 0 bridgehead atoms. The van der Waals surface area contributed by atoms with Crippen molar-refractivity contribution in [3.63, 3.8) is 0 Å². The molecule has 1 aliphatic heterocycles. The minimum Gasteiger partial charge on any atom is -0.387 e. The predicted molar refractivity (Wildman–Crippen MR) is 74.4 cm³/mol. The van der Waals surface area contributed by atoms with E-state index >= 15 is 0 Å². The molecule has 1 aromatic carbocycles. The smallest absolute Gasteiger partial charge is 0.0919 e. The number of aryl methyl sites for hydroxylation is 2. The Hall–Kier alpha value is -0.120. The third-order valence-electron chi connectivity index (χ3n) is 2.95. The van der Waals surface area contributed by atoms with Gasteiger partial charge in [0.15, 0.2) is 0 Å². The first-order chi connectivity index (χ1) is 7.68. The Labute approximate surface area is 106 Å². The monoisotopic (exact) mass is 254 g/mol. The van der Waals surface area contributed by atoms with Gasteiger partial charge in [0.25, 0.3) is 0 Å². The molecule has 2 unspecified atom stereocenters. The van der Waals surface area contributed by atoms with Crippen LogP contribution in [0.3, 0.4) is 0 Å². The van der Waals surface area contributed by atoms with E-state index in [1.54, 1.807) is 0 Å². The van der Waals surface area contributed by atoms with Crippen molar-refractivity contribution in [1.82, 2.24) is 0 Å². The maximum atomic E-state index is 10.4. The molecule has 1 heterocycles. The molecule has 88 valence electrons. The zero-order valence-corrected chi connectivity index (χ0v) is 11.4. The quantitative estimate of drug-likeness (QED) is 0.875. The van der Waals surface area contributed by atoms with Gasteiger partial charge >= 0.3 is 0 Å². The molecule has 0 spiro atoms. The summed E-state index contributed by atoms with van der Waals surface area (Å²) in [6.07, 6.45) is -0.308. The van der Waals surface area contributed by atoms with Crippen molar-refractivity contribution < 1.29 is 5.11 Å². The van der Waals surface area contributed by atoms with Crippen LogP contribution in [-0.4, -0.2) is 27.6 Å². The van der Waals surface area contributed by atoms with Gasteiger partial charge < -0.3 is 5.11 Å². The molecule has 2 atom stereocenters. The van der Waals surface area contributed by atoms with Crippen LogP contribution in [0, 0.1) is 13.8 Å². The van der Waals surface area contributed by atoms with E-state index in [1.807, 2.05) is 23.5 Å². The lowest BCUT2D eigenvalue weighted by atomic mass is 9.99. The van der Waals surface area contributed by atoms with Crippen LogP contribution in [-0.2, 0) is 0 Å². The van der Waals surface area contributed by atoms with E-state index in [0.29, 0.717) is 5.25 Å². The molecule has 1 fully saturated rings. The van der Waals surface area contributed by atoms with Crippen LogP contribution in [0.5, 0.6) is 0 Å². The Balaban J connectivity index is 2.18. The Kier molecular flexibility index (Phi) is 4.22. The first-order valence-corrected chi connectivity index (χ1v) is 7.83. The van der Waals surface area contributed by atoms with Crippen LogP contribution < -0.4 is 0 Å². The fourth-order valence-corrected chi connectivity index (χ4v) is 4.71. The maximum Gasteiger partial charge on any atom is 0.0919 e. The SMILES string of the molecule is Cc1ccc(C)c(C(O)C2CSCCS2)c1. The lowest BCUT2D eigenvalue weighted by molar-refractivity contribution is 0.180. The number of aliphatic hydroxyl groups excluding tert-OH is 1. The van der Waals surface area contributed by atoms with Gasteiger partial charge in [0.1, 0.15) is 0 Å². The van der Waals surface area contributed by atoms with E-state index in [4.69, 9.17) is 0 Å². The minimum atomic E-state index is -0.308. The van der Waals surface area contributed by atoms with Crippen molar-refractivity contribution in [2.24, 2.45) is 0 Å². The van der Waals surface area contributed by atoms with Gasteiger partial charge in [-0.05, 0) is 25.0 Å². The minimum absolute atomic E-state index is 0.308. The van der Waals surface area contributed by atoms with Crippen LogP contribution in [0.25, 0.3) is 0 Å². The zero-order chi connectivity index (χ0) is 11.5. The molecule has 1 aromatic rings. The van der Waals surface area contributed by atoms with Gasteiger partial charge in [-0.3, -0.25) is 0 Å². The fraction of sp³-hybridized carbons (Fsp3) is 0.538. The molecular formula is C13H18OS2. The summed E-state index contributed by atoms with van der Waals surface area (Å²) in [6, 6.07) is 6.34. The number of rotatable bonds is 2. The Morgan fingerprint density at radius 1 is 1.31 bits per heavy atom. The molecule has 0 saturated carbocycles. The molecule has 1 nitrogen and oxygen atoms in total. The lowest BCUT2D eigenvalue weighted by Crippen LogP contribution is -2.23.